The number of carbonyl (C=O) groups excluding carboxylic acids is 1. The van der Waals surface area contributed by atoms with Gasteiger partial charge in [0.15, 0.2) is 0 Å². The fourth-order valence-corrected chi connectivity index (χ4v) is 3.61. The first-order valence-electron chi connectivity index (χ1n) is 8.32. The van der Waals surface area contributed by atoms with Crippen molar-refractivity contribution in [2.45, 2.75) is 37.6 Å². The van der Waals surface area contributed by atoms with Gasteiger partial charge in [0.05, 0.1) is 12.5 Å². The molecule has 1 aliphatic carbocycles. The summed E-state index contributed by atoms with van der Waals surface area (Å²) in [6.07, 6.45) is 3.49. The number of halogens is 1. The average Bonchev–Trinajstić information content (AvgIpc) is 3.11. The number of benzene rings is 2. The predicted molar refractivity (Wildman–Crippen MR) is 91.4 cm³/mol. The third-order valence-corrected chi connectivity index (χ3v) is 4.90. The highest BCUT2D eigenvalue weighted by atomic mass is 19.1. The number of nitrogens with one attached hydrogen (secondary N) is 1. The van der Waals surface area contributed by atoms with Crippen LogP contribution in [0.3, 0.4) is 0 Å². The van der Waals surface area contributed by atoms with Crippen molar-refractivity contribution in [1.29, 1.82) is 0 Å². The fourth-order valence-electron chi connectivity index (χ4n) is 3.61. The van der Waals surface area contributed by atoms with E-state index in [1.807, 2.05) is 30.3 Å². The zero-order valence-electron chi connectivity index (χ0n) is 13.8. The molecule has 0 radical (unpaired) electrons. The number of para-hydroxylation sites is 1. The van der Waals surface area contributed by atoms with Gasteiger partial charge in [0.25, 0.3) is 0 Å². The minimum absolute atomic E-state index is 0.0310. The number of hydrogen-bond donors (Lipinski definition) is 1. The van der Waals surface area contributed by atoms with Crippen LogP contribution in [0.15, 0.2) is 48.5 Å². The molecule has 0 spiro atoms. The Labute approximate surface area is 141 Å². The van der Waals surface area contributed by atoms with Gasteiger partial charge in [-0.25, -0.2) is 4.39 Å². The van der Waals surface area contributed by atoms with E-state index in [2.05, 4.69) is 5.32 Å². The molecule has 0 aromatic heterocycles. The molecule has 1 aliphatic rings. The number of ether oxygens (including phenoxy) is 1. The van der Waals surface area contributed by atoms with Gasteiger partial charge in [0.2, 0.25) is 5.91 Å². The van der Waals surface area contributed by atoms with Gasteiger partial charge in [0, 0.05) is 12.1 Å². The molecule has 0 aliphatic heterocycles. The molecule has 1 N–H and O–H groups in total. The molecule has 1 amide bonds. The molecule has 0 bridgehead atoms. The molecule has 126 valence electrons. The average molecular weight is 327 g/mol. The molecule has 0 unspecified atom stereocenters. The molecule has 24 heavy (non-hydrogen) atoms. The number of amides is 1. The van der Waals surface area contributed by atoms with Gasteiger partial charge in [-0.15, -0.1) is 0 Å². The van der Waals surface area contributed by atoms with E-state index in [4.69, 9.17) is 4.74 Å². The molecule has 0 atom stereocenters. The van der Waals surface area contributed by atoms with E-state index in [1.165, 1.54) is 12.1 Å². The minimum Gasteiger partial charge on any atom is -0.496 e. The quantitative estimate of drug-likeness (QED) is 0.902. The third kappa shape index (κ3) is 3.14. The van der Waals surface area contributed by atoms with E-state index >= 15 is 0 Å². The van der Waals surface area contributed by atoms with E-state index in [-0.39, 0.29) is 11.7 Å². The van der Waals surface area contributed by atoms with Crippen molar-refractivity contribution in [3.8, 4) is 5.75 Å². The van der Waals surface area contributed by atoms with Crippen molar-refractivity contribution in [2.24, 2.45) is 0 Å². The summed E-state index contributed by atoms with van der Waals surface area (Å²) in [6.45, 7) is 0.403. The van der Waals surface area contributed by atoms with Gasteiger partial charge in [-0.2, -0.15) is 0 Å². The summed E-state index contributed by atoms with van der Waals surface area (Å²) in [4.78, 5) is 13.0. The maximum absolute atomic E-state index is 13.7. The lowest BCUT2D eigenvalue weighted by Crippen LogP contribution is -2.42. The summed E-state index contributed by atoms with van der Waals surface area (Å²) < 4.78 is 19.0. The lowest BCUT2D eigenvalue weighted by molar-refractivity contribution is -0.126. The van der Waals surface area contributed by atoms with Gasteiger partial charge in [-0.3, -0.25) is 4.79 Å². The van der Waals surface area contributed by atoms with Crippen LogP contribution in [-0.4, -0.2) is 13.0 Å². The summed E-state index contributed by atoms with van der Waals surface area (Å²) >= 11 is 0. The van der Waals surface area contributed by atoms with Crippen LogP contribution < -0.4 is 10.1 Å². The summed E-state index contributed by atoms with van der Waals surface area (Å²) in [5.41, 5.74) is 1.09. The number of hydrogen-bond acceptors (Lipinski definition) is 2. The van der Waals surface area contributed by atoms with E-state index in [9.17, 15) is 9.18 Å². The summed E-state index contributed by atoms with van der Waals surface area (Å²) in [7, 11) is 1.62. The van der Waals surface area contributed by atoms with Crippen LogP contribution in [0.25, 0.3) is 0 Å². The van der Waals surface area contributed by atoms with Gasteiger partial charge < -0.3 is 10.1 Å². The van der Waals surface area contributed by atoms with Gasteiger partial charge >= 0.3 is 0 Å². The number of rotatable bonds is 5. The maximum Gasteiger partial charge on any atom is 0.230 e. The molecule has 4 heteroatoms. The normalized spacial score (nSPS) is 15.9. The van der Waals surface area contributed by atoms with Crippen molar-refractivity contribution in [3.05, 3.63) is 65.5 Å². The highest BCUT2D eigenvalue weighted by Crippen LogP contribution is 2.41. The topological polar surface area (TPSA) is 38.3 Å². The Kier molecular flexibility index (Phi) is 4.84. The Morgan fingerprint density at radius 1 is 1.17 bits per heavy atom. The minimum atomic E-state index is -0.621. The Balaban J connectivity index is 1.81. The fraction of sp³-hybridized carbons (Fsp3) is 0.350. The standard InChI is InChI=1S/C20H22FNO2/c1-24-18-10-3-2-7-15(18)14-22-19(23)20(11-4-5-12-20)16-8-6-9-17(21)13-16/h2-3,6-10,13H,4-5,11-12,14H2,1H3,(H,22,23). The molecule has 0 saturated heterocycles. The van der Waals surface area contributed by atoms with Gasteiger partial charge in [0.1, 0.15) is 11.6 Å². The molecule has 2 aromatic rings. The van der Waals surface area contributed by atoms with Crippen LogP contribution in [0.1, 0.15) is 36.8 Å². The van der Waals surface area contributed by atoms with Crippen LogP contribution in [0.4, 0.5) is 4.39 Å². The molecule has 2 aromatic carbocycles. The summed E-state index contributed by atoms with van der Waals surface area (Å²) in [6, 6.07) is 14.1. The SMILES string of the molecule is COc1ccccc1CNC(=O)C1(c2cccc(F)c2)CCCC1. The van der Waals surface area contributed by atoms with Crippen molar-refractivity contribution in [2.75, 3.05) is 7.11 Å². The largest absolute Gasteiger partial charge is 0.496 e. The van der Waals surface area contributed by atoms with Crippen molar-refractivity contribution >= 4 is 5.91 Å². The first-order valence-corrected chi connectivity index (χ1v) is 8.32. The predicted octanol–water partition coefficient (Wildman–Crippen LogP) is 3.96. The second-order valence-electron chi connectivity index (χ2n) is 6.29. The van der Waals surface area contributed by atoms with Crippen LogP contribution >= 0.6 is 0 Å². The third-order valence-electron chi connectivity index (χ3n) is 4.90. The summed E-state index contributed by atoms with van der Waals surface area (Å²) in [5.74, 6) is 0.428. The second-order valence-corrected chi connectivity index (χ2v) is 6.29. The Hall–Kier alpha value is -2.36. The highest BCUT2D eigenvalue weighted by molar-refractivity contribution is 5.88. The van der Waals surface area contributed by atoms with Crippen molar-refractivity contribution in [3.63, 3.8) is 0 Å². The van der Waals surface area contributed by atoms with Crippen LogP contribution in [-0.2, 0) is 16.8 Å². The van der Waals surface area contributed by atoms with Gasteiger partial charge in [-0.1, -0.05) is 43.2 Å². The highest BCUT2D eigenvalue weighted by Gasteiger charge is 2.42. The van der Waals surface area contributed by atoms with E-state index in [1.54, 1.807) is 13.2 Å². The van der Waals surface area contributed by atoms with Gasteiger partial charge in [-0.05, 0) is 36.6 Å². The van der Waals surface area contributed by atoms with E-state index in [0.29, 0.717) is 6.54 Å². The first-order chi connectivity index (χ1) is 11.7. The van der Waals surface area contributed by atoms with Crippen LogP contribution in [0.2, 0.25) is 0 Å². The molecule has 1 saturated carbocycles. The molecule has 3 rings (SSSR count). The molecular formula is C20H22FNO2. The Bertz CT molecular complexity index is 723. The van der Waals surface area contributed by atoms with E-state index < -0.39 is 5.41 Å². The van der Waals surface area contributed by atoms with Crippen molar-refractivity contribution < 1.29 is 13.9 Å². The lowest BCUT2D eigenvalue weighted by Gasteiger charge is -2.28. The molecule has 1 fully saturated rings. The maximum atomic E-state index is 13.7. The lowest BCUT2D eigenvalue weighted by atomic mass is 9.78. The Morgan fingerprint density at radius 2 is 1.92 bits per heavy atom. The Morgan fingerprint density at radius 3 is 2.62 bits per heavy atom. The molecular weight excluding hydrogens is 305 g/mol. The molecule has 3 nitrogen and oxygen atoms in total. The van der Waals surface area contributed by atoms with Crippen LogP contribution in [0, 0.1) is 5.82 Å². The number of carbonyl (C=O) groups is 1. The van der Waals surface area contributed by atoms with Crippen LogP contribution in [0.5, 0.6) is 5.75 Å². The number of methoxy groups -OCH3 is 1. The zero-order valence-corrected chi connectivity index (χ0v) is 13.8. The smallest absolute Gasteiger partial charge is 0.230 e. The molecule has 0 heterocycles. The zero-order chi connectivity index (χ0) is 17.0. The van der Waals surface area contributed by atoms with Crippen molar-refractivity contribution in [1.82, 2.24) is 5.32 Å². The summed E-state index contributed by atoms with van der Waals surface area (Å²) in [5, 5.41) is 3.03. The second kappa shape index (κ2) is 7.04. The monoisotopic (exact) mass is 327 g/mol. The first kappa shape index (κ1) is 16.5. The van der Waals surface area contributed by atoms with E-state index in [0.717, 1.165) is 42.6 Å².